The van der Waals surface area contributed by atoms with Gasteiger partial charge in [-0.25, -0.2) is 8.42 Å². The van der Waals surface area contributed by atoms with E-state index >= 15 is 0 Å². The topological polar surface area (TPSA) is 113 Å². The van der Waals surface area contributed by atoms with E-state index in [1.807, 2.05) is 13.8 Å². The van der Waals surface area contributed by atoms with Crippen LogP contribution in [0.3, 0.4) is 0 Å². The molecule has 0 aliphatic rings. The highest BCUT2D eigenvalue weighted by molar-refractivity contribution is 7.92. The molecule has 0 aliphatic carbocycles. The van der Waals surface area contributed by atoms with Crippen LogP contribution in [0.2, 0.25) is 0 Å². The standard InChI is InChI=1S/C22H31N3O6S/c1-4-13-23(14-5-2)16-19(26)17-24(32(29,30)20-9-7-6-8-10-20)21-15-18(25(27)28)11-12-22(21)31-3/h6-12,15,19,26H,4-5,13-14,16-17H2,1-3H3/t19-/m0/s1. The molecular weight excluding hydrogens is 434 g/mol. The van der Waals surface area contributed by atoms with Crippen LogP contribution in [0.15, 0.2) is 53.4 Å². The molecule has 0 amide bonds. The summed E-state index contributed by atoms with van der Waals surface area (Å²) in [6, 6.07) is 11.5. The Morgan fingerprint density at radius 1 is 1.06 bits per heavy atom. The Balaban J connectivity index is 2.52. The van der Waals surface area contributed by atoms with Gasteiger partial charge in [0, 0.05) is 18.7 Å². The SMILES string of the molecule is CCCN(CCC)C[C@H](O)CN(c1cc([N+](=O)[O-])ccc1OC)S(=O)(=O)c1ccccc1. The average molecular weight is 466 g/mol. The fourth-order valence-electron chi connectivity index (χ4n) is 3.51. The first kappa shape index (κ1) is 25.6. The third-order valence-corrected chi connectivity index (χ3v) is 6.69. The minimum absolute atomic E-state index is 0.00198. The largest absolute Gasteiger partial charge is 0.495 e. The number of hydrogen-bond donors (Lipinski definition) is 1. The Labute approximate surface area is 189 Å². The summed E-state index contributed by atoms with van der Waals surface area (Å²) in [6.45, 7) is 5.62. The van der Waals surface area contributed by atoms with Gasteiger partial charge in [-0.15, -0.1) is 0 Å². The van der Waals surface area contributed by atoms with E-state index in [0.29, 0.717) is 0 Å². The number of anilines is 1. The third-order valence-electron chi connectivity index (χ3n) is 4.90. The Morgan fingerprint density at radius 3 is 2.22 bits per heavy atom. The van der Waals surface area contributed by atoms with Crippen LogP contribution >= 0.6 is 0 Å². The van der Waals surface area contributed by atoms with E-state index in [2.05, 4.69) is 4.90 Å². The number of rotatable bonds is 13. The molecule has 0 spiro atoms. The molecular formula is C22H31N3O6S. The van der Waals surface area contributed by atoms with Gasteiger partial charge < -0.3 is 14.7 Å². The molecule has 176 valence electrons. The van der Waals surface area contributed by atoms with E-state index in [4.69, 9.17) is 4.74 Å². The van der Waals surface area contributed by atoms with E-state index in [9.17, 15) is 23.6 Å². The quantitative estimate of drug-likeness (QED) is 0.357. The molecule has 1 N–H and O–H groups in total. The minimum Gasteiger partial charge on any atom is -0.495 e. The highest BCUT2D eigenvalue weighted by Crippen LogP contribution is 2.35. The van der Waals surface area contributed by atoms with Crippen molar-refractivity contribution in [3.05, 3.63) is 58.6 Å². The molecule has 0 aromatic heterocycles. The fraction of sp³-hybridized carbons (Fsp3) is 0.455. The normalized spacial score (nSPS) is 12.5. The monoisotopic (exact) mass is 465 g/mol. The molecule has 0 heterocycles. The molecule has 0 saturated carbocycles. The number of methoxy groups -OCH3 is 1. The summed E-state index contributed by atoms with van der Waals surface area (Å²) in [5.74, 6) is 0.154. The van der Waals surface area contributed by atoms with Gasteiger partial charge in [-0.2, -0.15) is 0 Å². The summed E-state index contributed by atoms with van der Waals surface area (Å²) in [7, 11) is -2.77. The molecule has 32 heavy (non-hydrogen) atoms. The maximum absolute atomic E-state index is 13.5. The Morgan fingerprint density at radius 2 is 1.69 bits per heavy atom. The number of benzene rings is 2. The van der Waals surface area contributed by atoms with Crippen molar-refractivity contribution in [2.24, 2.45) is 0 Å². The van der Waals surface area contributed by atoms with Crippen molar-refractivity contribution in [3.8, 4) is 5.75 Å². The van der Waals surface area contributed by atoms with Crippen molar-refractivity contribution in [2.45, 2.75) is 37.7 Å². The number of aliphatic hydroxyl groups is 1. The van der Waals surface area contributed by atoms with Crippen LogP contribution in [0.5, 0.6) is 5.75 Å². The van der Waals surface area contributed by atoms with Gasteiger partial charge in [-0.05, 0) is 44.1 Å². The third kappa shape index (κ3) is 6.41. The van der Waals surface area contributed by atoms with Gasteiger partial charge in [-0.1, -0.05) is 32.0 Å². The number of nitro benzene ring substituents is 1. The summed E-state index contributed by atoms with van der Waals surface area (Å²) >= 11 is 0. The molecule has 0 saturated heterocycles. The summed E-state index contributed by atoms with van der Waals surface area (Å²) in [5.41, 5.74) is -0.274. The maximum Gasteiger partial charge on any atom is 0.271 e. The summed E-state index contributed by atoms with van der Waals surface area (Å²) in [4.78, 5) is 12.8. The van der Waals surface area contributed by atoms with Crippen molar-refractivity contribution in [1.82, 2.24) is 4.90 Å². The number of nitrogens with zero attached hydrogens (tertiary/aromatic N) is 3. The zero-order valence-corrected chi connectivity index (χ0v) is 19.5. The number of aliphatic hydroxyl groups excluding tert-OH is 1. The summed E-state index contributed by atoms with van der Waals surface area (Å²) < 4.78 is 33.4. The highest BCUT2D eigenvalue weighted by atomic mass is 32.2. The van der Waals surface area contributed by atoms with Crippen molar-refractivity contribution in [2.75, 3.05) is 37.6 Å². The lowest BCUT2D eigenvalue weighted by Crippen LogP contribution is -2.43. The van der Waals surface area contributed by atoms with Crippen molar-refractivity contribution >= 4 is 21.4 Å². The molecule has 1 atom stereocenters. The first-order valence-corrected chi connectivity index (χ1v) is 12.0. The second-order valence-corrected chi connectivity index (χ2v) is 9.28. The van der Waals surface area contributed by atoms with Gasteiger partial charge >= 0.3 is 0 Å². The smallest absolute Gasteiger partial charge is 0.271 e. The molecule has 10 heteroatoms. The molecule has 0 aliphatic heterocycles. The molecule has 9 nitrogen and oxygen atoms in total. The minimum atomic E-state index is -4.13. The van der Waals surface area contributed by atoms with Gasteiger partial charge in [0.05, 0.1) is 29.6 Å². The van der Waals surface area contributed by atoms with Crippen LogP contribution in [-0.4, -0.2) is 62.7 Å². The van der Waals surface area contributed by atoms with Crippen LogP contribution in [0.4, 0.5) is 11.4 Å². The Kier molecular flexibility index (Phi) is 9.42. The second-order valence-electron chi connectivity index (χ2n) is 7.42. The van der Waals surface area contributed by atoms with Gasteiger partial charge in [-0.3, -0.25) is 14.4 Å². The second kappa shape index (κ2) is 11.8. The first-order chi connectivity index (χ1) is 15.2. The number of hydrogen-bond acceptors (Lipinski definition) is 7. The average Bonchev–Trinajstić information content (AvgIpc) is 2.77. The molecule has 0 fully saturated rings. The van der Waals surface area contributed by atoms with E-state index < -0.39 is 21.1 Å². The lowest BCUT2D eigenvalue weighted by Gasteiger charge is -2.30. The lowest BCUT2D eigenvalue weighted by molar-refractivity contribution is -0.384. The summed E-state index contributed by atoms with van der Waals surface area (Å²) in [5, 5.41) is 22.2. The van der Waals surface area contributed by atoms with Crippen LogP contribution < -0.4 is 9.04 Å². The van der Waals surface area contributed by atoms with Crippen molar-refractivity contribution < 1.29 is 23.2 Å². The molecule has 0 bridgehead atoms. The van der Waals surface area contributed by atoms with Crippen LogP contribution in [0, 0.1) is 10.1 Å². The maximum atomic E-state index is 13.5. The molecule has 0 unspecified atom stereocenters. The number of nitro groups is 1. The predicted octanol–water partition coefficient (Wildman–Crippen LogP) is 3.28. The van der Waals surface area contributed by atoms with Gasteiger partial charge in [0.2, 0.25) is 0 Å². The Bertz CT molecular complexity index is 978. The van der Waals surface area contributed by atoms with E-state index in [-0.39, 0.29) is 35.1 Å². The van der Waals surface area contributed by atoms with E-state index in [0.717, 1.165) is 36.3 Å². The van der Waals surface area contributed by atoms with Crippen molar-refractivity contribution in [3.63, 3.8) is 0 Å². The van der Waals surface area contributed by atoms with Gasteiger partial charge in [0.15, 0.2) is 0 Å². The first-order valence-electron chi connectivity index (χ1n) is 10.5. The van der Waals surface area contributed by atoms with Crippen LogP contribution in [-0.2, 0) is 10.0 Å². The Hall–Kier alpha value is -2.69. The number of ether oxygens (including phenoxy) is 1. The van der Waals surface area contributed by atoms with E-state index in [1.54, 1.807) is 18.2 Å². The fourth-order valence-corrected chi connectivity index (χ4v) is 5.03. The summed E-state index contributed by atoms with van der Waals surface area (Å²) in [6.07, 6.45) is 0.782. The van der Waals surface area contributed by atoms with Gasteiger partial charge in [0.1, 0.15) is 11.4 Å². The van der Waals surface area contributed by atoms with E-state index in [1.165, 1.54) is 31.4 Å². The lowest BCUT2D eigenvalue weighted by atomic mass is 10.2. The zero-order valence-electron chi connectivity index (χ0n) is 18.7. The zero-order chi connectivity index (χ0) is 23.7. The number of sulfonamides is 1. The van der Waals surface area contributed by atoms with Gasteiger partial charge in [0.25, 0.3) is 15.7 Å². The molecule has 2 rings (SSSR count). The van der Waals surface area contributed by atoms with Crippen LogP contribution in [0.1, 0.15) is 26.7 Å². The van der Waals surface area contributed by atoms with Crippen molar-refractivity contribution in [1.29, 1.82) is 0 Å². The molecule has 2 aromatic carbocycles. The highest BCUT2D eigenvalue weighted by Gasteiger charge is 2.31. The molecule has 2 aromatic rings. The number of non-ortho nitro benzene ring substituents is 1. The molecule has 0 radical (unpaired) electrons. The predicted molar refractivity (Wildman–Crippen MR) is 124 cm³/mol. The van der Waals surface area contributed by atoms with Crippen LogP contribution in [0.25, 0.3) is 0 Å².